The molecule has 1 aromatic rings. The number of piperidine rings is 1. The monoisotopic (exact) mass is 249 g/mol. The normalized spacial score (nSPS) is 16.5. The fraction of sp³-hybridized carbons (Fsp3) is 0.462. The molecule has 0 radical (unpaired) electrons. The summed E-state index contributed by atoms with van der Waals surface area (Å²) in [6.07, 6.45) is 2.42. The second-order valence-electron chi connectivity index (χ2n) is 4.38. The van der Waals surface area contributed by atoms with E-state index in [2.05, 4.69) is 16.7 Å². The Bertz CT molecular complexity index is 419. The molecule has 0 saturated carbocycles. The van der Waals surface area contributed by atoms with Gasteiger partial charge < -0.3 is 10.6 Å². The van der Waals surface area contributed by atoms with Crippen molar-refractivity contribution in [2.24, 2.45) is 5.92 Å². The number of nitriles is 1. The lowest BCUT2D eigenvalue weighted by Gasteiger charge is -2.23. The summed E-state index contributed by atoms with van der Waals surface area (Å²) in [4.78, 5) is 0. The largest absolute Gasteiger partial charge is 0.384 e. The van der Waals surface area contributed by atoms with Gasteiger partial charge in [0.05, 0.1) is 22.3 Å². The molecule has 1 aromatic carbocycles. The van der Waals surface area contributed by atoms with Gasteiger partial charge in [-0.1, -0.05) is 11.6 Å². The molecule has 1 aliphatic heterocycles. The van der Waals surface area contributed by atoms with E-state index in [0.29, 0.717) is 16.5 Å². The van der Waals surface area contributed by atoms with Gasteiger partial charge in [0.15, 0.2) is 0 Å². The second-order valence-corrected chi connectivity index (χ2v) is 4.79. The van der Waals surface area contributed by atoms with Crippen LogP contribution in [-0.4, -0.2) is 19.6 Å². The zero-order chi connectivity index (χ0) is 12.1. The molecular formula is C13H16ClN3. The van der Waals surface area contributed by atoms with Crippen LogP contribution in [0.3, 0.4) is 0 Å². The topological polar surface area (TPSA) is 47.9 Å². The number of nitrogens with zero attached hydrogens (tertiary/aromatic N) is 1. The van der Waals surface area contributed by atoms with Crippen molar-refractivity contribution < 1.29 is 0 Å². The Morgan fingerprint density at radius 1 is 1.41 bits per heavy atom. The van der Waals surface area contributed by atoms with Crippen molar-refractivity contribution in [3.05, 3.63) is 28.8 Å². The van der Waals surface area contributed by atoms with E-state index in [9.17, 15) is 0 Å². The molecule has 0 unspecified atom stereocenters. The molecule has 0 atom stereocenters. The van der Waals surface area contributed by atoms with Gasteiger partial charge in [-0.15, -0.1) is 0 Å². The van der Waals surface area contributed by atoms with E-state index >= 15 is 0 Å². The van der Waals surface area contributed by atoms with Crippen LogP contribution in [0.25, 0.3) is 0 Å². The predicted octanol–water partition coefficient (Wildman–Crippen LogP) is 2.62. The first-order valence-corrected chi connectivity index (χ1v) is 6.31. The molecule has 3 nitrogen and oxygen atoms in total. The van der Waals surface area contributed by atoms with E-state index in [-0.39, 0.29) is 0 Å². The number of halogens is 1. The Kier molecular flexibility index (Phi) is 4.24. The minimum atomic E-state index is 0.599. The fourth-order valence-corrected chi connectivity index (χ4v) is 2.32. The van der Waals surface area contributed by atoms with Crippen LogP contribution in [-0.2, 0) is 0 Å². The molecule has 1 saturated heterocycles. The summed E-state index contributed by atoms with van der Waals surface area (Å²) in [5.41, 5.74) is 1.52. The Morgan fingerprint density at radius 2 is 2.18 bits per heavy atom. The van der Waals surface area contributed by atoms with Crippen molar-refractivity contribution in [3.63, 3.8) is 0 Å². The lowest BCUT2D eigenvalue weighted by atomic mass is 9.98. The summed E-state index contributed by atoms with van der Waals surface area (Å²) >= 11 is 6.10. The summed E-state index contributed by atoms with van der Waals surface area (Å²) in [6, 6.07) is 7.45. The van der Waals surface area contributed by atoms with E-state index in [4.69, 9.17) is 16.9 Å². The van der Waals surface area contributed by atoms with E-state index in [1.807, 2.05) is 6.07 Å². The molecule has 1 fully saturated rings. The summed E-state index contributed by atoms with van der Waals surface area (Å²) in [6.45, 7) is 3.16. The molecule has 0 aromatic heterocycles. The summed E-state index contributed by atoms with van der Waals surface area (Å²) in [5, 5.41) is 16.1. The highest BCUT2D eigenvalue weighted by Gasteiger charge is 2.13. The number of rotatable bonds is 3. The smallest absolute Gasteiger partial charge is 0.0992 e. The van der Waals surface area contributed by atoms with Gasteiger partial charge in [0.2, 0.25) is 0 Å². The van der Waals surface area contributed by atoms with Gasteiger partial charge in [0, 0.05) is 6.54 Å². The highest BCUT2D eigenvalue weighted by atomic mass is 35.5. The highest BCUT2D eigenvalue weighted by Crippen LogP contribution is 2.23. The molecule has 0 bridgehead atoms. The zero-order valence-corrected chi connectivity index (χ0v) is 10.4. The summed E-state index contributed by atoms with van der Waals surface area (Å²) in [7, 11) is 0. The highest BCUT2D eigenvalue weighted by molar-refractivity contribution is 6.33. The van der Waals surface area contributed by atoms with Crippen LogP contribution in [0.4, 0.5) is 5.69 Å². The molecule has 90 valence electrons. The third-order valence-corrected chi connectivity index (χ3v) is 3.45. The molecular weight excluding hydrogens is 234 g/mol. The van der Waals surface area contributed by atoms with Crippen molar-refractivity contribution in [2.75, 3.05) is 25.0 Å². The molecule has 0 aliphatic carbocycles. The van der Waals surface area contributed by atoms with Crippen LogP contribution in [0.5, 0.6) is 0 Å². The van der Waals surface area contributed by atoms with E-state index in [0.717, 1.165) is 25.3 Å². The van der Waals surface area contributed by atoms with Crippen LogP contribution in [0, 0.1) is 17.2 Å². The van der Waals surface area contributed by atoms with Crippen LogP contribution in [0.2, 0.25) is 5.02 Å². The molecule has 1 heterocycles. The minimum Gasteiger partial charge on any atom is -0.384 e. The third-order valence-electron chi connectivity index (χ3n) is 3.14. The van der Waals surface area contributed by atoms with Crippen molar-refractivity contribution in [1.29, 1.82) is 5.26 Å². The van der Waals surface area contributed by atoms with Crippen LogP contribution < -0.4 is 10.6 Å². The average molecular weight is 250 g/mol. The molecule has 0 spiro atoms. The van der Waals surface area contributed by atoms with Crippen molar-refractivity contribution >= 4 is 17.3 Å². The standard InChI is InChI=1S/C13H16ClN3/c14-12-7-11(8-15)1-2-13(12)17-9-10-3-5-16-6-4-10/h1-2,7,10,16-17H,3-6,9H2. The van der Waals surface area contributed by atoms with E-state index < -0.39 is 0 Å². The minimum absolute atomic E-state index is 0.599. The fourth-order valence-electron chi connectivity index (χ4n) is 2.07. The number of nitrogens with one attached hydrogen (secondary N) is 2. The maximum absolute atomic E-state index is 8.75. The first-order chi connectivity index (χ1) is 8.29. The van der Waals surface area contributed by atoms with E-state index in [1.165, 1.54) is 12.8 Å². The molecule has 2 rings (SSSR count). The molecule has 4 heteroatoms. The first-order valence-electron chi connectivity index (χ1n) is 5.94. The Balaban J connectivity index is 1.92. The quantitative estimate of drug-likeness (QED) is 0.866. The van der Waals surface area contributed by atoms with Crippen molar-refractivity contribution in [2.45, 2.75) is 12.8 Å². The maximum atomic E-state index is 8.75. The number of hydrogen-bond acceptors (Lipinski definition) is 3. The van der Waals surface area contributed by atoms with Gasteiger partial charge in [0.25, 0.3) is 0 Å². The van der Waals surface area contributed by atoms with Crippen LogP contribution in [0.1, 0.15) is 18.4 Å². The molecule has 17 heavy (non-hydrogen) atoms. The third kappa shape index (κ3) is 3.36. The Morgan fingerprint density at radius 3 is 2.82 bits per heavy atom. The van der Waals surface area contributed by atoms with Gasteiger partial charge in [-0.2, -0.15) is 5.26 Å². The van der Waals surface area contributed by atoms with Crippen molar-refractivity contribution in [3.8, 4) is 6.07 Å². The van der Waals surface area contributed by atoms with Crippen LogP contribution in [0.15, 0.2) is 18.2 Å². The van der Waals surface area contributed by atoms with Gasteiger partial charge in [-0.05, 0) is 50.0 Å². The van der Waals surface area contributed by atoms with Gasteiger partial charge in [-0.3, -0.25) is 0 Å². The lowest BCUT2D eigenvalue weighted by molar-refractivity contribution is 0.390. The number of anilines is 1. The van der Waals surface area contributed by atoms with Crippen molar-refractivity contribution in [1.82, 2.24) is 5.32 Å². The van der Waals surface area contributed by atoms with Crippen LogP contribution >= 0.6 is 11.6 Å². The number of hydrogen-bond donors (Lipinski definition) is 2. The molecule has 1 aliphatic rings. The SMILES string of the molecule is N#Cc1ccc(NCC2CCNCC2)c(Cl)c1. The summed E-state index contributed by atoms with van der Waals surface area (Å²) in [5.74, 6) is 0.711. The Labute approximate surface area is 107 Å². The predicted molar refractivity (Wildman–Crippen MR) is 70.3 cm³/mol. The van der Waals surface area contributed by atoms with Gasteiger partial charge >= 0.3 is 0 Å². The average Bonchev–Trinajstić information content (AvgIpc) is 2.38. The summed E-state index contributed by atoms with van der Waals surface area (Å²) < 4.78 is 0. The molecule has 2 N–H and O–H groups in total. The maximum Gasteiger partial charge on any atom is 0.0992 e. The Hall–Kier alpha value is -1.24. The number of benzene rings is 1. The molecule has 0 amide bonds. The van der Waals surface area contributed by atoms with Gasteiger partial charge in [0.1, 0.15) is 0 Å². The van der Waals surface area contributed by atoms with Gasteiger partial charge in [-0.25, -0.2) is 0 Å². The zero-order valence-electron chi connectivity index (χ0n) is 9.67. The first kappa shape index (κ1) is 12.2. The lowest BCUT2D eigenvalue weighted by Crippen LogP contribution is -2.31. The van der Waals surface area contributed by atoms with E-state index in [1.54, 1.807) is 12.1 Å². The second kappa shape index (κ2) is 5.90.